The SMILES string of the molecule is CCOc1cc(C(=O)N2c3ccc(C)cc3[C@H]3C[NH+](C)CC[C@H]32)cc(OCC)c1OCC. The van der Waals surface area contributed by atoms with Crippen molar-refractivity contribution in [2.45, 2.75) is 46.1 Å². The fourth-order valence-corrected chi connectivity index (χ4v) is 5.12. The third-order valence-electron chi connectivity index (χ3n) is 6.45. The lowest BCUT2D eigenvalue weighted by molar-refractivity contribution is -0.886. The molecule has 0 spiro atoms. The molecule has 172 valence electrons. The van der Waals surface area contributed by atoms with Crippen molar-refractivity contribution in [1.29, 1.82) is 0 Å². The summed E-state index contributed by atoms with van der Waals surface area (Å²) in [7, 11) is 2.24. The Morgan fingerprint density at radius 2 is 1.69 bits per heavy atom. The molecule has 4 rings (SSSR count). The molecule has 3 atom stereocenters. The highest BCUT2D eigenvalue weighted by atomic mass is 16.5. The molecule has 1 amide bonds. The van der Waals surface area contributed by atoms with Crippen LogP contribution < -0.4 is 24.0 Å². The van der Waals surface area contributed by atoms with Gasteiger partial charge in [-0.3, -0.25) is 4.79 Å². The largest absolute Gasteiger partial charge is 0.490 e. The standard InChI is InChI=1S/C26H34N2O4/c1-6-30-23-14-18(15-24(31-7-2)25(23)32-8-3)26(29)28-21-10-9-17(4)13-19(21)20-16-27(5)12-11-22(20)28/h9-10,13-15,20,22H,6-8,11-12,16H2,1-5H3/p+1/t20-,22-/m1/s1. The number of anilines is 1. The van der Waals surface area contributed by atoms with Gasteiger partial charge in [0.05, 0.1) is 51.9 Å². The summed E-state index contributed by atoms with van der Waals surface area (Å²) in [5, 5.41) is 0. The highest BCUT2D eigenvalue weighted by Gasteiger charge is 2.46. The van der Waals surface area contributed by atoms with Crippen LogP contribution in [0.2, 0.25) is 0 Å². The lowest BCUT2D eigenvalue weighted by Gasteiger charge is -2.34. The number of piperidine rings is 1. The van der Waals surface area contributed by atoms with Crippen LogP contribution >= 0.6 is 0 Å². The van der Waals surface area contributed by atoms with Crippen molar-refractivity contribution in [2.24, 2.45) is 0 Å². The molecule has 2 heterocycles. The van der Waals surface area contributed by atoms with Gasteiger partial charge in [0, 0.05) is 17.7 Å². The number of quaternary nitrogens is 1. The first-order chi connectivity index (χ1) is 15.5. The zero-order chi connectivity index (χ0) is 22.8. The van der Waals surface area contributed by atoms with Crippen LogP contribution in [0.4, 0.5) is 5.69 Å². The molecule has 6 heteroatoms. The number of nitrogens with one attached hydrogen (secondary N) is 1. The molecule has 2 aromatic carbocycles. The quantitative estimate of drug-likeness (QED) is 0.720. The lowest BCUT2D eigenvalue weighted by Crippen LogP contribution is -3.11. The molecule has 0 bridgehead atoms. The van der Waals surface area contributed by atoms with E-state index in [-0.39, 0.29) is 11.9 Å². The molecule has 0 aliphatic carbocycles. The van der Waals surface area contributed by atoms with Gasteiger partial charge < -0.3 is 24.0 Å². The molecular weight excluding hydrogens is 404 g/mol. The fraction of sp³-hybridized carbons (Fsp3) is 0.500. The number of likely N-dealkylation sites (tertiary alicyclic amines) is 1. The number of benzene rings is 2. The number of nitrogens with zero attached hydrogens (tertiary/aromatic N) is 1. The van der Waals surface area contributed by atoms with Crippen molar-refractivity contribution >= 4 is 11.6 Å². The molecule has 0 aromatic heterocycles. The van der Waals surface area contributed by atoms with Crippen molar-refractivity contribution in [3.63, 3.8) is 0 Å². The normalized spacial score (nSPS) is 21.7. The lowest BCUT2D eigenvalue weighted by atomic mass is 9.88. The number of fused-ring (bicyclic) bond motifs is 3. The second-order valence-electron chi connectivity index (χ2n) is 8.71. The van der Waals surface area contributed by atoms with E-state index >= 15 is 0 Å². The predicted octanol–water partition coefficient (Wildman–Crippen LogP) is 3.22. The van der Waals surface area contributed by atoms with Crippen molar-refractivity contribution in [3.05, 3.63) is 47.0 Å². The van der Waals surface area contributed by atoms with Gasteiger partial charge in [-0.25, -0.2) is 0 Å². The third kappa shape index (κ3) is 4.04. The molecule has 2 aromatic rings. The number of aryl methyl sites for hydroxylation is 1. The van der Waals surface area contributed by atoms with Crippen LogP contribution in [0.1, 0.15) is 54.6 Å². The number of carbonyl (C=O) groups excluding carboxylic acids is 1. The number of carbonyl (C=O) groups is 1. The molecule has 0 radical (unpaired) electrons. The molecule has 1 unspecified atom stereocenters. The van der Waals surface area contributed by atoms with Gasteiger partial charge in [-0.2, -0.15) is 0 Å². The molecule has 6 nitrogen and oxygen atoms in total. The summed E-state index contributed by atoms with van der Waals surface area (Å²) in [6.07, 6.45) is 0.990. The van der Waals surface area contributed by atoms with Crippen LogP contribution in [0, 0.1) is 6.92 Å². The van der Waals surface area contributed by atoms with Crippen LogP contribution in [-0.2, 0) is 0 Å². The van der Waals surface area contributed by atoms with E-state index in [2.05, 4.69) is 32.2 Å². The van der Waals surface area contributed by atoms with Crippen LogP contribution in [0.5, 0.6) is 17.2 Å². The van der Waals surface area contributed by atoms with E-state index in [4.69, 9.17) is 14.2 Å². The molecule has 1 fully saturated rings. The molecule has 2 aliphatic heterocycles. The van der Waals surface area contributed by atoms with Crippen molar-refractivity contribution in [1.82, 2.24) is 0 Å². The van der Waals surface area contributed by atoms with Crippen LogP contribution in [0.3, 0.4) is 0 Å². The van der Waals surface area contributed by atoms with Crippen molar-refractivity contribution in [2.75, 3.05) is 44.9 Å². The maximum absolute atomic E-state index is 14.0. The minimum atomic E-state index is -0.00730. The van der Waals surface area contributed by atoms with Crippen LogP contribution in [-0.4, -0.2) is 51.9 Å². The van der Waals surface area contributed by atoms with Gasteiger partial charge in [0.15, 0.2) is 11.5 Å². The highest BCUT2D eigenvalue weighted by molar-refractivity contribution is 6.08. The minimum absolute atomic E-state index is 0.00730. The monoisotopic (exact) mass is 439 g/mol. The summed E-state index contributed by atoms with van der Waals surface area (Å²) in [6.45, 7) is 11.5. The van der Waals surface area contributed by atoms with Crippen LogP contribution in [0.15, 0.2) is 30.3 Å². The predicted molar refractivity (Wildman–Crippen MR) is 126 cm³/mol. The van der Waals surface area contributed by atoms with Gasteiger partial charge >= 0.3 is 0 Å². The average molecular weight is 440 g/mol. The maximum atomic E-state index is 14.0. The van der Waals surface area contributed by atoms with Gasteiger partial charge in [0.1, 0.15) is 0 Å². The Balaban J connectivity index is 1.78. The Bertz CT molecular complexity index is 963. The zero-order valence-corrected chi connectivity index (χ0v) is 19.9. The Labute approximate surface area is 191 Å². The third-order valence-corrected chi connectivity index (χ3v) is 6.45. The summed E-state index contributed by atoms with van der Waals surface area (Å²) in [5.41, 5.74) is 4.13. The number of hydrogen-bond donors (Lipinski definition) is 1. The van der Waals surface area contributed by atoms with E-state index in [9.17, 15) is 4.79 Å². The summed E-state index contributed by atoms with van der Waals surface area (Å²) in [5.74, 6) is 2.02. The van der Waals surface area contributed by atoms with Gasteiger partial charge in [0.25, 0.3) is 5.91 Å². The Hall–Kier alpha value is -2.73. The average Bonchev–Trinajstić information content (AvgIpc) is 3.08. The Morgan fingerprint density at radius 1 is 1.03 bits per heavy atom. The van der Waals surface area contributed by atoms with Gasteiger partial charge in [-0.05, 0) is 51.5 Å². The number of amides is 1. The number of rotatable bonds is 7. The maximum Gasteiger partial charge on any atom is 0.258 e. The second-order valence-corrected chi connectivity index (χ2v) is 8.71. The van der Waals surface area contributed by atoms with E-state index in [0.29, 0.717) is 48.6 Å². The topological polar surface area (TPSA) is 52.4 Å². The second kappa shape index (κ2) is 9.41. The Kier molecular flexibility index (Phi) is 6.60. The first-order valence-corrected chi connectivity index (χ1v) is 11.8. The van der Waals surface area contributed by atoms with Crippen molar-refractivity contribution in [3.8, 4) is 17.2 Å². The first-order valence-electron chi connectivity index (χ1n) is 11.8. The Morgan fingerprint density at radius 3 is 2.31 bits per heavy atom. The smallest absolute Gasteiger partial charge is 0.258 e. The van der Waals surface area contributed by atoms with E-state index in [1.807, 2.05) is 25.7 Å². The number of hydrogen-bond acceptors (Lipinski definition) is 4. The summed E-state index contributed by atoms with van der Waals surface area (Å²) in [4.78, 5) is 17.5. The molecule has 0 saturated carbocycles. The number of ether oxygens (including phenoxy) is 3. The zero-order valence-electron chi connectivity index (χ0n) is 19.9. The fourth-order valence-electron chi connectivity index (χ4n) is 5.12. The molecule has 2 aliphatic rings. The van der Waals surface area contributed by atoms with E-state index < -0.39 is 0 Å². The first kappa shape index (κ1) is 22.5. The van der Waals surface area contributed by atoms with E-state index in [0.717, 1.165) is 25.2 Å². The number of likely N-dealkylation sites (N-methyl/N-ethyl adjacent to an activating group) is 1. The van der Waals surface area contributed by atoms with E-state index in [1.165, 1.54) is 16.0 Å². The summed E-state index contributed by atoms with van der Waals surface area (Å²) >= 11 is 0. The van der Waals surface area contributed by atoms with Gasteiger partial charge in [-0.1, -0.05) is 17.7 Å². The summed E-state index contributed by atoms with van der Waals surface area (Å²) < 4.78 is 17.5. The van der Waals surface area contributed by atoms with Crippen LogP contribution in [0.25, 0.3) is 0 Å². The minimum Gasteiger partial charge on any atom is -0.490 e. The molecule has 1 saturated heterocycles. The van der Waals surface area contributed by atoms with Crippen molar-refractivity contribution < 1.29 is 23.9 Å². The molecule has 1 N–H and O–H groups in total. The van der Waals surface area contributed by atoms with E-state index in [1.54, 1.807) is 12.1 Å². The molecule has 32 heavy (non-hydrogen) atoms. The van der Waals surface area contributed by atoms with Gasteiger partial charge in [-0.15, -0.1) is 0 Å². The highest BCUT2D eigenvalue weighted by Crippen LogP contribution is 2.45. The summed E-state index contributed by atoms with van der Waals surface area (Å²) in [6, 6.07) is 10.3. The molecular formula is C26H35N2O4+. The van der Waals surface area contributed by atoms with Gasteiger partial charge in [0.2, 0.25) is 5.75 Å².